The maximum absolute atomic E-state index is 13.4. The van der Waals surface area contributed by atoms with E-state index in [4.69, 9.17) is 11.6 Å². The number of amides is 1. The standard InChI is InChI=1S/C24H30ClN3O3S2.ClH/c1-5-27(6-2)14-15-28(24-26-23-20(25)8-7-9-21(23)32-24)22(29)16-18-10-12-19(13-11-18)33(30,31)17(3)4;/h7-13,17H,5-6,14-16H2,1-4H3;1H. The third-order valence-corrected chi connectivity index (χ3v) is 9.17. The van der Waals surface area contributed by atoms with Gasteiger partial charge in [0, 0.05) is 13.1 Å². The molecule has 2 aromatic carbocycles. The summed E-state index contributed by atoms with van der Waals surface area (Å²) in [5, 5.41) is 0.689. The number of fused-ring (bicyclic) bond motifs is 1. The zero-order valence-corrected chi connectivity index (χ0v) is 23.0. The van der Waals surface area contributed by atoms with Gasteiger partial charge in [0.25, 0.3) is 0 Å². The topological polar surface area (TPSA) is 70.6 Å². The van der Waals surface area contributed by atoms with Crippen LogP contribution in [-0.4, -0.2) is 55.6 Å². The van der Waals surface area contributed by atoms with Crippen molar-refractivity contribution in [3.05, 3.63) is 53.1 Å². The van der Waals surface area contributed by atoms with E-state index in [0.29, 0.717) is 22.2 Å². The highest BCUT2D eigenvalue weighted by Crippen LogP contribution is 2.33. The van der Waals surface area contributed by atoms with Crippen LogP contribution in [0.15, 0.2) is 47.4 Å². The van der Waals surface area contributed by atoms with Crippen molar-refractivity contribution in [2.75, 3.05) is 31.1 Å². The molecule has 0 spiro atoms. The molecule has 0 aliphatic rings. The van der Waals surface area contributed by atoms with Crippen LogP contribution < -0.4 is 4.90 Å². The van der Waals surface area contributed by atoms with Gasteiger partial charge in [-0.05, 0) is 56.8 Å². The number of thiazole rings is 1. The molecule has 0 aliphatic heterocycles. The largest absolute Gasteiger partial charge is 0.302 e. The number of anilines is 1. The molecule has 1 heterocycles. The maximum atomic E-state index is 13.4. The van der Waals surface area contributed by atoms with Crippen molar-refractivity contribution in [3.8, 4) is 0 Å². The Kier molecular flexibility index (Phi) is 10.3. The van der Waals surface area contributed by atoms with Gasteiger partial charge in [-0.2, -0.15) is 0 Å². The molecule has 6 nitrogen and oxygen atoms in total. The Morgan fingerprint density at radius 3 is 2.26 bits per heavy atom. The number of carbonyl (C=O) groups excluding carboxylic acids is 1. The lowest BCUT2D eigenvalue weighted by molar-refractivity contribution is -0.118. The van der Waals surface area contributed by atoms with E-state index < -0.39 is 15.1 Å². The van der Waals surface area contributed by atoms with Gasteiger partial charge >= 0.3 is 0 Å². The molecule has 0 saturated carbocycles. The lowest BCUT2D eigenvalue weighted by atomic mass is 10.1. The van der Waals surface area contributed by atoms with Gasteiger partial charge in [-0.25, -0.2) is 13.4 Å². The zero-order chi connectivity index (χ0) is 24.2. The van der Waals surface area contributed by atoms with E-state index in [-0.39, 0.29) is 29.6 Å². The number of halogens is 2. The second-order valence-electron chi connectivity index (χ2n) is 8.07. The van der Waals surface area contributed by atoms with Crippen molar-refractivity contribution >= 4 is 66.4 Å². The first-order valence-electron chi connectivity index (χ1n) is 11.1. The van der Waals surface area contributed by atoms with Crippen LogP contribution in [0.2, 0.25) is 5.02 Å². The number of benzene rings is 2. The van der Waals surface area contributed by atoms with Crippen molar-refractivity contribution < 1.29 is 13.2 Å². The second kappa shape index (κ2) is 12.3. The molecule has 0 atom stereocenters. The Labute approximate surface area is 217 Å². The molecule has 0 N–H and O–H groups in total. The molecule has 3 aromatic rings. The Hall–Kier alpha value is -1.71. The van der Waals surface area contributed by atoms with Gasteiger partial charge in [0.15, 0.2) is 15.0 Å². The molecular weight excluding hydrogens is 513 g/mol. The number of likely N-dealkylation sites (N-methyl/N-ethyl adjacent to an activating group) is 1. The molecule has 0 radical (unpaired) electrons. The Morgan fingerprint density at radius 1 is 1.06 bits per heavy atom. The summed E-state index contributed by atoms with van der Waals surface area (Å²) in [5.41, 5.74) is 1.46. The van der Waals surface area contributed by atoms with E-state index in [1.165, 1.54) is 11.3 Å². The van der Waals surface area contributed by atoms with Crippen molar-refractivity contribution in [2.24, 2.45) is 0 Å². The highest BCUT2D eigenvalue weighted by Gasteiger charge is 2.23. The van der Waals surface area contributed by atoms with Crippen LogP contribution in [0.25, 0.3) is 10.2 Å². The molecule has 3 rings (SSSR count). The van der Waals surface area contributed by atoms with Crippen molar-refractivity contribution in [2.45, 2.75) is 44.3 Å². The fraction of sp³-hybridized carbons (Fsp3) is 0.417. The number of nitrogens with zero attached hydrogens (tertiary/aromatic N) is 3. The van der Waals surface area contributed by atoms with E-state index in [2.05, 4.69) is 23.7 Å². The fourth-order valence-corrected chi connectivity index (χ4v) is 5.83. The Morgan fingerprint density at radius 2 is 1.71 bits per heavy atom. The van der Waals surface area contributed by atoms with Crippen LogP contribution >= 0.6 is 35.3 Å². The summed E-state index contributed by atoms with van der Waals surface area (Å²) in [6, 6.07) is 12.2. The Bertz CT molecular complexity index is 1210. The molecule has 0 fully saturated rings. The predicted molar refractivity (Wildman–Crippen MR) is 144 cm³/mol. The Balaban J connectivity index is 0.00000408. The van der Waals surface area contributed by atoms with Gasteiger partial charge in [-0.3, -0.25) is 9.69 Å². The molecule has 34 heavy (non-hydrogen) atoms. The molecule has 186 valence electrons. The van der Waals surface area contributed by atoms with Crippen LogP contribution in [-0.2, 0) is 21.1 Å². The minimum absolute atomic E-state index is 0. The lowest BCUT2D eigenvalue weighted by Gasteiger charge is -2.24. The average molecular weight is 545 g/mol. The summed E-state index contributed by atoms with van der Waals surface area (Å²) in [6.45, 7) is 10.5. The summed E-state index contributed by atoms with van der Waals surface area (Å²) < 4.78 is 25.7. The molecule has 10 heteroatoms. The normalized spacial score (nSPS) is 11.7. The van der Waals surface area contributed by atoms with E-state index in [1.54, 1.807) is 49.1 Å². The molecule has 0 unspecified atom stereocenters. The van der Waals surface area contributed by atoms with E-state index in [1.807, 2.05) is 12.1 Å². The lowest BCUT2D eigenvalue weighted by Crippen LogP contribution is -2.39. The number of hydrogen-bond acceptors (Lipinski definition) is 6. The monoisotopic (exact) mass is 543 g/mol. The van der Waals surface area contributed by atoms with Crippen molar-refractivity contribution in [1.29, 1.82) is 0 Å². The summed E-state index contributed by atoms with van der Waals surface area (Å²) in [4.78, 5) is 22.3. The SMILES string of the molecule is CCN(CC)CCN(C(=O)Cc1ccc(S(=O)(=O)C(C)C)cc1)c1nc2c(Cl)cccc2s1.Cl. The quantitative estimate of drug-likeness (QED) is 0.339. The molecule has 0 aliphatic carbocycles. The molecule has 1 aromatic heterocycles. The number of carbonyl (C=O) groups is 1. The highest BCUT2D eigenvalue weighted by molar-refractivity contribution is 7.92. The van der Waals surface area contributed by atoms with Gasteiger partial charge in [-0.1, -0.05) is 55.0 Å². The van der Waals surface area contributed by atoms with Gasteiger partial charge in [0.1, 0.15) is 5.52 Å². The number of aromatic nitrogens is 1. The van der Waals surface area contributed by atoms with E-state index in [0.717, 1.165) is 29.9 Å². The third-order valence-electron chi connectivity index (χ3n) is 5.65. The number of rotatable bonds is 10. The molecule has 0 saturated heterocycles. The van der Waals surface area contributed by atoms with Crippen LogP contribution in [0.5, 0.6) is 0 Å². The summed E-state index contributed by atoms with van der Waals surface area (Å²) in [5.74, 6) is -0.0863. The van der Waals surface area contributed by atoms with Crippen LogP contribution in [0, 0.1) is 0 Å². The number of para-hydroxylation sites is 1. The van der Waals surface area contributed by atoms with Gasteiger partial charge in [-0.15, -0.1) is 12.4 Å². The first kappa shape index (κ1) is 28.5. The van der Waals surface area contributed by atoms with Crippen molar-refractivity contribution in [1.82, 2.24) is 9.88 Å². The van der Waals surface area contributed by atoms with E-state index >= 15 is 0 Å². The van der Waals surface area contributed by atoms with Gasteiger partial charge in [0.2, 0.25) is 5.91 Å². The maximum Gasteiger partial charge on any atom is 0.233 e. The first-order valence-corrected chi connectivity index (χ1v) is 13.8. The van der Waals surface area contributed by atoms with Gasteiger partial charge in [0.05, 0.1) is 26.3 Å². The summed E-state index contributed by atoms with van der Waals surface area (Å²) in [6.07, 6.45) is 0.157. The number of hydrogen-bond donors (Lipinski definition) is 0. The minimum Gasteiger partial charge on any atom is -0.302 e. The average Bonchev–Trinajstić information content (AvgIpc) is 3.22. The zero-order valence-electron chi connectivity index (χ0n) is 19.8. The summed E-state index contributed by atoms with van der Waals surface area (Å²) >= 11 is 7.76. The van der Waals surface area contributed by atoms with Gasteiger partial charge < -0.3 is 4.90 Å². The molecule has 0 bridgehead atoms. The van der Waals surface area contributed by atoms with Crippen LogP contribution in [0.4, 0.5) is 5.13 Å². The van der Waals surface area contributed by atoms with Crippen LogP contribution in [0.3, 0.4) is 0 Å². The van der Waals surface area contributed by atoms with E-state index in [9.17, 15) is 13.2 Å². The highest BCUT2D eigenvalue weighted by atomic mass is 35.5. The minimum atomic E-state index is -3.35. The fourth-order valence-electron chi connectivity index (χ4n) is 3.47. The second-order valence-corrected chi connectivity index (χ2v) is 12.0. The molecule has 1 amide bonds. The number of sulfone groups is 1. The predicted octanol–water partition coefficient (Wildman–Crippen LogP) is 5.47. The molecular formula is C24H31Cl2N3O3S2. The van der Waals surface area contributed by atoms with Crippen LogP contribution in [0.1, 0.15) is 33.3 Å². The van der Waals surface area contributed by atoms with Crippen molar-refractivity contribution in [3.63, 3.8) is 0 Å². The first-order chi connectivity index (χ1) is 15.7. The smallest absolute Gasteiger partial charge is 0.233 e. The summed E-state index contributed by atoms with van der Waals surface area (Å²) in [7, 11) is -3.35. The third kappa shape index (κ3) is 6.49.